The van der Waals surface area contributed by atoms with Crippen LogP contribution in [0.25, 0.3) is 0 Å². The second kappa shape index (κ2) is 6.10. The molecule has 102 valence electrons. The van der Waals surface area contributed by atoms with Gasteiger partial charge in [-0.15, -0.1) is 0 Å². The zero-order valence-electron chi connectivity index (χ0n) is 11.4. The summed E-state index contributed by atoms with van der Waals surface area (Å²) in [6, 6.07) is 3.19. The second-order valence-corrected chi connectivity index (χ2v) is 4.92. The van der Waals surface area contributed by atoms with E-state index in [4.69, 9.17) is 9.15 Å². The molecular formula is C14H17NO4. The fraction of sp³-hybridized carbons (Fsp3) is 0.429. The molecule has 1 aromatic rings. The Morgan fingerprint density at radius 2 is 2.11 bits per heavy atom. The predicted octanol–water partition coefficient (Wildman–Crippen LogP) is 1.80. The van der Waals surface area contributed by atoms with Crippen LogP contribution in [0.2, 0.25) is 0 Å². The first-order valence-corrected chi connectivity index (χ1v) is 5.82. The largest absolute Gasteiger partial charge is 0.465 e. The molecule has 1 aromatic heterocycles. The van der Waals surface area contributed by atoms with E-state index in [0.29, 0.717) is 0 Å². The van der Waals surface area contributed by atoms with Crippen molar-refractivity contribution in [2.24, 2.45) is 0 Å². The molecule has 1 rings (SSSR count). The van der Waals surface area contributed by atoms with Gasteiger partial charge >= 0.3 is 5.97 Å². The van der Waals surface area contributed by atoms with Crippen molar-refractivity contribution in [3.05, 3.63) is 24.2 Å². The monoisotopic (exact) mass is 263 g/mol. The lowest BCUT2D eigenvalue weighted by Gasteiger charge is -2.23. The maximum Gasteiger partial charge on any atom is 0.385 e. The number of hydrogen-bond donors (Lipinski definition) is 1. The quantitative estimate of drug-likeness (QED) is 0.513. The van der Waals surface area contributed by atoms with Gasteiger partial charge in [-0.3, -0.25) is 4.79 Å². The van der Waals surface area contributed by atoms with Crippen molar-refractivity contribution in [2.75, 3.05) is 0 Å². The Labute approximate surface area is 112 Å². The fourth-order valence-corrected chi connectivity index (χ4v) is 1.35. The third-order valence-electron chi connectivity index (χ3n) is 1.99. The number of ether oxygens (including phenoxy) is 1. The molecular weight excluding hydrogens is 246 g/mol. The Morgan fingerprint density at radius 3 is 2.58 bits per heavy atom. The summed E-state index contributed by atoms with van der Waals surface area (Å²) in [5.41, 5.74) is -0.440. The topological polar surface area (TPSA) is 68.5 Å². The zero-order chi connectivity index (χ0) is 14.5. The summed E-state index contributed by atoms with van der Waals surface area (Å²) < 4.78 is 10.1. The van der Waals surface area contributed by atoms with E-state index >= 15 is 0 Å². The standard InChI is InChI=1S/C14H17NO4/c1-5-7-11(16)19-12(10-8-6-9-18-10)13(17)15-14(2,3)4/h6,8-9,12H,1-4H3,(H,15,17). The Hall–Kier alpha value is -2.22. The lowest BCUT2D eigenvalue weighted by Crippen LogP contribution is -2.44. The molecule has 1 atom stereocenters. The molecule has 1 N–H and O–H groups in total. The van der Waals surface area contributed by atoms with Crippen LogP contribution in [0.3, 0.4) is 0 Å². The van der Waals surface area contributed by atoms with Crippen LogP contribution in [0.5, 0.6) is 0 Å². The molecule has 5 heteroatoms. The smallest absolute Gasteiger partial charge is 0.385 e. The molecule has 0 aliphatic rings. The Balaban J connectivity index is 2.89. The van der Waals surface area contributed by atoms with Crippen LogP contribution in [0.1, 0.15) is 39.6 Å². The summed E-state index contributed by atoms with van der Waals surface area (Å²) in [6.45, 7) is 7.01. The Kier molecular flexibility index (Phi) is 4.76. The molecule has 0 bridgehead atoms. The number of amides is 1. The third kappa shape index (κ3) is 4.88. The van der Waals surface area contributed by atoms with Gasteiger partial charge in [-0.2, -0.15) is 0 Å². The van der Waals surface area contributed by atoms with E-state index in [0.717, 1.165) is 0 Å². The van der Waals surface area contributed by atoms with Gasteiger partial charge in [0.2, 0.25) is 6.10 Å². The van der Waals surface area contributed by atoms with Crippen molar-refractivity contribution in [1.82, 2.24) is 5.32 Å². The zero-order valence-corrected chi connectivity index (χ0v) is 11.4. The van der Waals surface area contributed by atoms with E-state index in [1.807, 2.05) is 20.8 Å². The molecule has 0 saturated carbocycles. The van der Waals surface area contributed by atoms with Crippen LogP contribution < -0.4 is 5.32 Å². The van der Waals surface area contributed by atoms with Crippen LogP contribution in [0, 0.1) is 11.8 Å². The molecule has 1 amide bonds. The van der Waals surface area contributed by atoms with Crippen LogP contribution >= 0.6 is 0 Å². The summed E-state index contributed by atoms with van der Waals surface area (Å²) in [4.78, 5) is 23.5. The lowest BCUT2D eigenvalue weighted by molar-refractivity contribution is -0.152. The normalized spacial score (nSPS) is 12.0. The van der Waals surface area contributed by atoms with Gasteiger partial charge in [0.05, 0.1) is 6.26 Å². The number of carbonyl (C=O) groups excluding carboxylic acids is 2. The Morgan fingerprint density at radius 1 is 1.42 bits per heavy atom. The molecule has 5 nitrogen and oxygen atoms in total. The number of hydrogen-bond acceptors (Lipinski definition) is 4. The van der Waals surface area contributed by atoms with Crippen molar-refractivity contribution in [3.63, 3.8) is 0 Å². The summed E-state index contributed by atoms with van der Waals surface area (Å²) in [5.74, 6) is 3.68. The van der Waals surface area contributed by atoms with Crippen molar-refractivity contribution >= 4 is 11.9 Å². The van der Waals surface area contributed by atoms with Crippen LogP contribution in [-0.2, 0) is 14.3 Å². The number of esters is 1. The van der Waals surface area contributed by atoms with Gasteiger partial charge in [0.15, 0.2) is 5.76 Å². The minimum Gasteiger partial charge on any atom is -0.465 e. The first-order chi connectivity index (χ1) is 8.83. The second-order valence-electron chi connectivity index (χ2n) is 4.92. The molecule has 19 heavy (non-hydrogen) atoms. The number of furan rings is 1. The number of nitrogens with one attached hydrogen (secondary N) is 1. The van der Waals surface area contributed by atoms with Gasteiger partial charge in [0.1, 0.15) is 0 Å². The molecule has 0 saturated heterocycles. The summed E-state index contributed by atoms with van der Waals surface area (Å²) >= 11 is 0. The highest BCUT2D eigenvalue weighted by Crippen LogP contribution is 2.19. The SMILES string of the molecule is CC#CC(=O)OC(C(=O)NC(C)(C)C)c1ccco1. The van der Waals surface area contributed by atoms with Gasteiger partial charge in [0.25, 0.3) is 5.91 Å². The molecule has 0 spiro atoms. The highest BCUT2D eigenvalue weighted by molar-refractivity contribution is 5.91. The van der Waals surface area contributed by atoms with E-state index in [9.17, 15) is 9.59 Å². The van der Waals surface area contributed by atoms with Crippen molar-refractivity contribution < 1.29 is 18.7 Å². The minimum atomic E-state index is -1.14. The van der Waals surface area contributed by atoms with E-state index in [2.05, 4.69) is 17.2 Å². The van der Waals surface area contributed by atoms with E-state index in [1.54, 1.807) is 12.1 Å². The van der Waals surface area contributed by atoms with Crippen molar-refractivity contribution in [1.29, 1.82) is 0 Å². The van der Waals surface area contributed by atoms with E-state index in [-0.39, 0.29) is 5.76 Å². The molecule has 0 aliphatic heterocycles. The van der Waals surface area contributed by atoms with Gasteiger partial charge in [-0.25, -0.2) is 4.79 Å². The first-order valence-electron chi connectivity index (χ1n) is 5.82. The summed E-state index contributed by atoms with van der Waals surface area (Å²) in [5, 5.41) is 2.73. The number of carbonyl (C=O) groups is 2. The van der Waals surface area contributed by atoms with Crippen LogP contribution in [0.4, 0.5) is 0 Å². The predicted molar refractivity (Wildman–Crippen MR) is 68.9 cm³/mol. The van der Waals surface area contributed by atoms with Crippen LogP contribution in [0.15, 0.2) is 22.8 Å². The maximum absolute atomic E-state index is 12.1. The first kappa shape index (κ1) is 14.8. The fourth-order valence-electron chi connectivity index (χ4n) is 1.35. The van der Waals surface area contributed by atoms with Gasteiger partial charge < -0.3 is 14.5 Å². The lowest BCUT2D eigenvalue weighted by atomic mass is 10.1. The summed E-state index contributed by atoms with van der Waals surface area (Å²) in [7, 11) is 0. The molecule has 0 radical (unpaired) electrons. The number of rotatable bonds is 3. The average molecular weight is 263 g/mol. The highest BCUT2D eigenvalue weighted by atomic mass is 16.6. The minimum absolute atomic E-state index is 0.257. The average Bonchev–Trinajstić information content (AvgIpc) is 2.76. The van der Waals surface area contributed by atoms with Crippen molar-refractivity contribution in [3.8, 4) is 11.8 Å². The van der Waals surface area contributed by atoms with Gasteiger partial charge in [-0.05, 0) is 39.8 Å². The van der Waals surface area contributed by atoms with E-state index in [1.165, 1.54) is 13.2 Å². The molecule has 0 aliphatic carbocycles. The third-order valence-corrected chi connectivity index (χ3v) is 1.99. The van der Waals surface area contributed by atoms with Crippen molar-refractivity contribution in [2.45, 2.75) is 39.3 Å². The maximum atomic E-state index is 12.1. The molecule has 0 fully saturated rings. The molecule has 1 heterocycles. The van der Waals surface area contributed by atoms with Crippen LogP contribution in [-0.4, -0.2) is 17.4 Å². The highest BCUT2D eigenvalue weighted by Gasteiger charge is 2.29. The Bertz CT molecular complexity index is 500. The molecule has 1 unspecified atom stereocenters. The molecule has 0 aromatic carbocycles. The van der Waals surface area contributed by atoms with Gasteiger partial charge in [0, 0.05) is 11.5 Å². The summed E-state index contributed by atoms with van der Waals surface area (Å²) in [6.07, 6.45) is 0.272. The van der Waals surface area contributed by atoms with E-state index < -0.39 is 23.5 Å². The van der Waals surface area contributed by atoms with Gasteiger partial charge in [-0.1, -0.05) is 5.92 Å².